The van der Waals surface area contributed by atoms with Crippen LogP contribution < -0.4 is 10.2 Å². The van der Waals surface area contributed by atoms with E-state index in [0.717, 1.165) is 24.5 Å². The third-order valence-electron chi connectivity index (χ3n) is 5.65. The Hall–Kier alpha value is -3.92. The summed E-state index contributed by atoms with van der Waals surface area (Å²) in [4.78, 5) is 30.0. The van der Waals surface area contributed by atoms with Gasteiger partial charge in [0.25, 0.3) is 5.91 Å². The molecule has 4 aromatic rings. The molecule has 5 rings (SSSR count). The lowest BCUT2D eigenvalue weighted by molar-refractivity contribution is 0.0950. The van der Waals surface area contributed by atoms with Crippen LogP contribution in [0.1, 0.15) is 27.8 Å². The fourth-order valence-corrected chi connectivity index (χ4v) is 3.85. The summed E-state index contributed by atoms with van der Waals surface area (Å²) in [5.74, 6) is 1.33. The van der Waals surface area contributed by atoms with Crippen LogP contribution in [0.5, 0.6) is 0 Å². The van der Waals surface area contributed by atoms with E-state index in [4.69, 9.17) is 0 Å². The summed E-state index contributed by atoms with van der Waals surface area (Å²) >= 11 is 0. The van der Waals surface area contributed by atoms with E-state index in [9.17, 15) is 4.79 Å². The molecule has 162 valence electrons. The van der Waals surface area contributed by atoms with Gasteiger partial charge in [-0.3, -0.25) is 19.1 Å². The molecule has 1 unspecified atom stereocenters. The standard InChI is InChI=1S/C22H23N9O/c1-29-10-11-30(22-24-8-3-9-25-22)15-18(29)20-28-27-19-6-5-17(14-31(19)20)21(32)26-13-16-4-2-7-23-12-16/h2-9,12,14,18H,10-11,13,15H2,1H3,(H,26,32). The van der Waals surface area contributed by atoms with Crippen LogP contribution in [0, 0.1) is 0 Å². The third kappa shape index (κ3) is 4.00. The van der Waals surface area contributed by atoms with E-state index in [-0.39, 0.29) is 11.9 Å². The van der Waals surface area contributed by atoms with E-state index >= 15 is 0 Å². The summed E-state index contributed by atoms with van der Waals surface area (Å²) in [6, 6.07) is 9.15. The molecule has 10 nitrogen and oxygen atoms in total. The van der Waals surface area contributed by atoms with Gasteiger partial charge >= 0.3 is 0 Å². The Labute approximate surface area is 185 Å². The van der Waals surface area contributed by atoms with E-state index in [1.165, 1.54) is 0 Å². The minimum atomic E-state index is -0.160. The van der Waals surface area contributed by atoms with Gasteiger partial charge in [0, 0.05) is 57.2 Å². The molecule has 1 atom stereocenters. The number of aromatic nitrogens is 6. The van der Waals surface area contributed by atoms with Gasteiger partial charge in [0.2, 0.25) is 5.95 Å². The number of likely N-dealkylation sites (N-methyl/N-ethyl adjacent to an activating group) is 1. The van der Waals surface area contributed by atoms with Crippen molar-refractivity contribution in [2.24, 2.45) is 0 Å². The molecule has 10 heteroatoms. The summed E-state index contributed by atoms with van der Waals surface area (Å²) in [7, 11) is 2.07. The van der Waals surface area contributed by atoms with Gasteiger partial charge in [0.05, 0.1) is 11.6 Å². The second-order valence-electron chi connectivity index (χ2n) is 7.74. The lowest BCUT2D eigenvalue weighted by Crippen LogP contribution is -2.47. The first kappa shape index (κ1) is 20.0. The van der Waals surface area contributed by atoms with E-state index in [1.807, 2.05) is 28.7 Å². The molecule has 1 aliphatic rings. The van der Waals surface area contributed by atoms with Crippen LogP contribution in [0.2, 0.25) is 0 Å². The van der Waals surface area contributed by atoms with Crippen molar-refractivity contribution in [3.63, 3.8) is 0 Å². The SMILES string of the molecule is CN1CCN(c2ncccn2)CC1c1nnc2ccc(C(=O)NCc3cccnc3)cn12. The molecule has 0 saturated carbocycles. The Balaban J connectivity index is 1.38. The number of hydrogen-bond acceptors (Lipinski definition) is 8. The predicted molar refractivity (Wildman–Crippen MR) is 118 cm³/mol. The molecule has 4 aromatic heterocycles. The van der Waals surface area contributed by atoms with Crippen LogP contribution in [0.15, 0.2) is 61.3 Å². The minimum Gasteiger partial charge on any atom is -0.348 e. The monoisotopic (exact) mass is 429 g/mol. The lowest BCUT2D eigenvalue weighted by atomic mass is 10.1. The van der Waals surface area contributed by atoms with Crippen LogP contribution in [-0.2, 0) is 6.54 Å². The van der Waals surface area contributed by atoms with E-state index in [1.54, 1.807) is 37.1 Å². The molecule has 1 N–H and O–H groups in total. The number of nitrogens with one attached hydrogen (secondary N) is 1. The van der Waals surface area contributed by atoms with Crippen molar-refractivity contribution in [2.75, 3.05) is 31.6 Å². The molecule has 0 bridgehead atoms. The fourth-order valence-electron chi connectivity index (χ4n) is 3.85. The highest BCUT2D eigenvalue weighted by Crippen LogP contribution is 2.25. The Morgan fingerprint density at radius 2 is 1.97 bits per heavy atom. The Morgan fingerprint density at radius 1 is 1.09 bits per heavy atom. The molecular formula is C22H23N9O. The first-order valence-electron chi connectivity index (χ1n) is 10.4. The molecule has 1 amide bonds. The first-order chi connectivity index (χ1) is 15.7. The highest BCUT2D eigenvalue weighted by atomic mass is 16.1. The summed E-state index contributed by atoms with van der Waals surface area (Å²) in [5.41, 5.74) is 2.19. The van der Waals surface area contributed by atoms with Crippen LogP contribution in [-0.4, -0.2) is 67.0 Å². The van der Waals surface area contributed by atoms with Crippen molar-refractivity contribution in [1.82, 2.24) is 39.8 Å². The highest BCUT2D eigenvalue weighted by molar-refractivity contribution is 5.94. The first-order valence-corrected chi connectivity index (χ1v) is 10.4. The van der Waals surface area contributed by atoms with Gasteiger partial charge < -0.3 is 10.2 Å². The topological polar surface area (TPSA) is 104 Å². The highest BCUT2D eigenvalue weighted by Gasteiger charge is 2.30. The average Bonchev–Trinajstić information content (AvgIpc) is 3.27. The quantitative estimate of drug-likeness (QED) is 0.507. The molecule has 0 spiro atoms. The number of fused-ring (bicyclic) bond motifs is 1. The second-order valence-corrected chi connectivity index (χ2v) is 7.74. The maximum atomic E-state index is 12.8. The van der Waals surface area contributed by atoms with E-state index < -0.39 is 0 Å². The summed E-state index contributed by atoms with van der Waals surface area (Å²) in [6.45, 7) is 2.76. The lowest BCUT2D eigenvalue weighted by Gasteiger charge is -2.38. The molecule has 5 heterocycles. The predicted octanol–water partition coefficient (Wildman–Crippen LogP) is 1.34. The molecular weight excluding hydrogens is 406 g/mol. The molecule has 1 fully saturated rings. The van der Waals surface area contributed by atoms with Crippen molar-refractivity contribution in [3.8, 4) is 0 Å². The van der Waals surface area contributed by atoms with Crippen molar-refractivity contribution >= 4 is 17.5 Å². The Morgan fingerprint density at radius 3 is 2.78 bits per heavy atom. The van der Waals surface area contributed by atoms with Gasteiger partial charge in [-0.25, -0.2) is 9.97 Å². The summed E-state index contributed by atoms with van der Waals surface area (Å²) in [5, 5.41) is 11.7. The number of pyridine rings is 2. The van der Waals surface area contributed by atoms with Crippen molar-refractivity contribution in [1.29, 1.82) is 0 Å². The number of carbonyl (C=O) groups excluding carboxylic acids is 1. The Bertz CT molecular complexity index is 1210. The van der Waals surface area contributed by atoms with E-state index in [2.05, 4.69) is 47.3 Å². The molecule has 0 radical (unpaired) electrons. The summed E-state index contributed by atoms with van der Waals surface area (Å²) < 4.78 is 1.90. The average molecular weight is 429 g/mol. The number of nitrogens with zero attached hydrogens (tertiary/aromatic N) is 8. The number of amides is 1. The molecule has 1 saturated heterocycles. The molecule has 0 aromatic carbocycles. The van der Waals surface area contributed by atoms with Crippen molar-refractivity contribution in [3.05, 3.63) is 78.3 Å². The maximum absolute atomic E-state index is 12.8. The number of carbonyl (C=O) groups is 1. The maximum Gasteiger partial charge on any atom is 0.253 e. The van der Waals surface area contributed by atoms with Gasteiger partial charge in [-0.15, -0.1) is 10.2 Å². The third-order valence-corrected chi connectivity index (χ3v) is 5.65. The number of hydrogen-bond donors (Lipinski definition) is 1. The number of piperazine rings is 1. The number of rotatable bonds is 5. The van der Waals surface area contributed by atoms with Gasteiger partial charge in [-0.05, 0) is 36.9 Å². The van der Waals surface area contributed by atoms with Gasteiger partial charge in [0.1, 0.15) is 0 Å². The zero-order valence-corrected chi connectivity index (χ0v) is 17.7. The van der Waals surface area contributed by atoms with Crippen LogP contribution in [0.4, 0.5) is 5.95 Å². The number of anilines is 1. The second kappa shape index (κ2) is 8.67. The van der Waals surface area contributed by atoms with Gasteiger partial charge in [-0.1, -0.05) is 6.07 Å². The summed E-state index contributed by atoms with van der Waals surface area (Å²) in [6.07, 6.45) is 8.74. The zero-order valence-electron chi connectivity index (χ0n) is 17.7. The van der Waals surface area contributed by atoms with Gasteiger partial charge in [-0.2, -0.15) is 0 Å². The molecule has 1 aliphatic heterocycles. The smallest absolute Gasteiger partial charge is 0.253 e. The van der Waals surface area contributed by atoms with Crippen LogP contribution >= 0.6 is 0 Å². The molecule has 0 aliphatic carbocycles. The van der Waals surface area contributed by atoms with Crippen molar-refractivity contribution in [2.45, 2.75) is 12.6 Å². The van der Waals surface area contributed by atoms with Crippen LogP contribution in [0.3, 0.4) is 0 Å². The molecule has 32 heavy (non-hydrogen) atoms. The fraction of sp³-hybridized carbons (Fsp3) is 0.273. The van der Waals surface area contributed by atoms with Crippen molar-refractivity contribution < 1.29 is 4.79 Å². The minimum absolute atomic E-state index is 0.0174. The van der Waals surface area contributed by atoms with Crippen LogP contribution in [0.25, 0.3) is 5.65 Å². The Kier molecular flexibility index (Phi) is 5.42. The zero-order chi connectivity index (χ0) is 21.9. The van der Waals surface area contributed by atoms with E-state index in [0.29, 0.717) is 30.2 Å². The largest absolute Gasteiger partial charge is 0.348 e. The normalized spacial score (nSPS) is 16.9. The van der Waals surface area contributed by atoms with Gasteiger partial charge in [0.15, 0.2) is 11.5 Å².